The number of nitrogens with zero attached hydrogens (tertiary/aromatic N) is 2. The summed E-state index contributed by atoms with van der Waals surface area (Å²) < 4.78 is 12.6. The number of hydrogen-bond acceptors (Lipinski definition) is 6. The number of ether oxygens (including phenoxy) is 2. The third-order valence-corrected chi connectivity index (χ3v) is 4.99. The summed E-state index contributed by atoms with van der Waals surface area (Å²) in [7, 11) is 0. The lowest BCUT2D eigenvalue weighted by Gasteiger charge is -2.15. The molecule has 2 aromatic rings. The van der Waals surface area contributed by atoms with E-state index in [0.717, 1.165) is 34.5 Å². The highest BCUT2D eigenvalue weighted by atomic mass is 32.1. The monoisotopic (exact) mass is 336 g/mol. The van der Waals surface area contributed by atoms with Gasteiger partial charge in [-0.2, -0.15) is 5.10 Å². The second kappa shape index (κ2) is 6.31. The summed E-state index contributed by atoms with van der Waals surface area (Å²) in [5, 5.41) is 5.26. The second-order valence-electron chi connectivity index (χ2n) is 5.82. The van der Waals surface area contributed by atoms with Gasteiger partial charge in [0.1, 0.15) is 17.0 Å². The van der Waals surface area contributed by atoms with E-state index in [1.54, 1.807) is 6.92 Å². The minimum atomic E-state index is -0.450. The van der Waals surface area contributed by atoms with Gasteiger partial charge in [-0.15, -0.1) is 11.3 Å². The van der Waals surface area contributed by atoms with Gasteiger partial charge in [-0.1, -0.05) is 13.8 Å². The van der Waals surface area contributed by atoms with Crippen LogP contribution in [0.5, 0.6) is 5.75 Å². The highest BCUT2D eigenvalue weighted by molar-refractivity contribution is 7.19. The Labute approximate surface area is 138 Å². The van der Waals surface area contributed by atoms with Gasteiger partial charge < -0.3 is 9.47 Å². The third-order valence-electron chi connectivity index (χ3n) is 3.77. The molecule has 3 rings (SSSR count). The van der Waals surface area contributed by atoms with Crippen molar-refractivity contribution in [2.45, 2.75) is 46.1 Å². The van der Waals surface area contributed by atoms with E-state index in [2.05, 4.69) is 5.10 Å². The van der Waals surface area contributed by atoms with E-state index in [0.29, 0.717) is 11.3 Å². The van der Waals surface area contributed by atoms with Crippen molar-refractivity contribution in [3.63, 3.8) is 0 Å². The van der Waals surface area contributed by atoms with Crippen LogP contribution in [0.1, 0.15) is 43.7 Å². The Balaban J connectivity index is 2.19. The molecule has 7 heteroatoms. The Morgan fingerprint density at radius 3 is 2.96 bits per heavy atom. The van der Waals surface area contributed by atoms with Gasteiger partial charge in [-0.3, -0.25) is 9.59 Å². The van der Waals surface area contributed by atoms with Crippen LogP contribution in [0.3, 0.4) is 0 Å². The molecule has 1 aliphatic heterocycles. The molecule has 0 atom stereocenters. The molecule has 0 spiro atoms. The molecule has 0 radical (unpaired) electrons. The fraction of sp³-hybridized carbons (Fsp3) is 0.562. The van der Waals surface area contributed by atoms with Gasteiger partial charge >= 0.3 is 5.97 Å². The Morgan fingerprint density at radius 1 is 1.48 bits per heavy atom. The first-order valence-electron chi connectivity index (χ1n) is 7.87. The number of aryl methyl sites for hydroxylation is 1. The van der Waals surface area contributed by atoms with Crippen molar-refractivity contribution < 1.29 is 14.3 Å². The summed E-state index contributed by atoms with van der Waals surface area (Å²) in [5.41, 5.74) is 0.545. The standard InChI is InChI=1S/C16H20N2O4S/c1-4-21-11(19)8-18-16(20)15-12(13(17-18)9(2)3)14-10(23-15)6-5-7-22-14/h9H,4-8H2,1-3H3. The predicted molar refractivity (Wildman–Crippen MR) is 88.4 cm³/mol. The Bertz CT molecular complexity index is 806. The van der Waals surface area contributed by atoms with E-state index in [-0.39, 0.29) is 24.6 Å². The van der Waals surface area contributed by atoms with Gasteiger partial charge in [0.15, 0.2) is 0 Å². The van der Waals surface area contributed by atoms with Crippen LogP contribution in [0.15, 0.2) is 4.79 Å². The molecule has 0 amide bonds. The molecule has 2 aromatic heterocycles. The van der Waals surface area contributed by atoms with Crippen molar-refractivity contribution in [1.29, 1.82) is 0 Å². The summed E-state index contributed by atoms with van der Waals surface area (Å²) in [5.74, 6) is 0.484. The number of aromatic nitrogens is 2. The molecule has 124 valence electrons. The largest absolute Gasteiger partial charge is 0.492 e. The maximum atomic E-state index is 12.7. The van der Waals surface area contributed by atoms with Gasteiger partial charge in [0.05, 0.1) is 24.3 Å². The van der Waals surface area contributed by atoms with Crippen LogP contribution in [0, 0.1) is 0 Å². The van der Waals surface area contributed by atoms with Gasteiger partial charge in [-0.25, -0.2) is 4.68 Å². The average molecular weight is 336 g/mol. The summed E-state index contributed by atoms with van der Waals surface area (Å²) >= 11 is 1.46. The molecule has 0 saturated heterocycles. The van der Waals surface area contributed by atoms with Crippen LogP contribution in [-0.4, -0.2) is 29.0 Å². The number of fused-ring (bicyclic) bond motifs is 3. The fourth-order valence-corrected chi connectivity index (χ4v) is 3.99. The second-order valence-corrected chi connectivity index (χ2v) is 6.92. The minimum Gasteiger partial charge on any atom is -0.492 e. The maximum absolute atomic E-state index is 12.7. The lowest BCUT2D eigenvalue weighted by molar-refractivity contribution is -0.144. The molecule has 0 aromatic carbocycles. The zero-order valence-corrected chi connectivity index (χ0v) is 14.4. The molecule has 0 fully saturated rings. The van der Waals surface area contributed by atoms with Crippen molar-refractivity contribution in [1.82, 2.24) is 9.78 Å². The Morgan fingerprint density at radius 2 is 2.26 bits per heavy atom. The van der Waals surface area contributed by atoms with Crippen molar-refractivity contribution in [3.05, 3.63) is 20.9 Å². The molecule has 0 aliphatic carbocycles. The number of carbonyl (C=O) groups is 1. The number of thiophene rings is 1. The quantitative estimate of drug-likeness (QED) is 0.802. The van der Waals surface area contributed by atoms with Crippen molar-refractivity contribution in [3.8, 4) is 5.75 Å². The SMILES string of the molecule is CCOC(=O)Cn1nc(C(C)C)c2c3c(sc2c1=O)CCCO3. The van der Waals surface area contributed by atoms with Crippen molar-refractivity contribution >= 4 is 27.4 Å². The highest BCUT2D eigenvalue weighted by Crippen LogP contribution is 2.41. The van der Waals surface area contributed by atoms with E-state index >= 15 is 0 Å². The number of carbonyl (C=O) groups excluding carboxylic acids is 1. The summed E-state index contributed by atoms with van der Waals surface area (Å²) in [6.45, 7) is 6.57. The highest BCUT2D eigenvalue weighted by Gasteiger charge is 2.25. The molecular weight excluding hydrogens is 316 g/mol. The van der Waals surface area contributed by atoms with E-state index in [1.807, 2.05) is 13.8 Å². The summed E-state index contributed by atoms with van der Waals surface area (Å²) in [6, 6.07) is 0. The Hall–Kier alpha value is -1.89. The molecule has 6 nitrogen and oxygen atoms in total. The molecule has 0 unspecified atom stereocenters. The Kier molecular flexibility index (Phi) is 4.39. The smallest absolute Gasteiger partial charge is 0.327 e. The molecule has 0 N–H and O–H groups in total. The zero-order chi connectivity index (χ0) is 16.6. The van der Waals surface area contributed by atoms with Gasteiger partial charge in [0.25, 0.3) is 5.56 Å². The molecule has 1 aliphatic rings. The first kappa shape index (κ1) is 16.0. The van der Waals surface area contributed by atoms with Crippen molar-refractivity contribution in [2.75, 3.05) is 13.2 Å². The normalized spacial score (nSPS) is 13.9. The summed E-state index contributed by atoms with van der Waals surface area (Å²) in [6.07, 6.45) is 1.88. The fourth-order valence-electron chi connectivity index (χ4n) is 2.75. The third kappa shape index (κ3) is 2.85. The van der Waals surface area contributed by atoms with Crippen LogP contribution in [-0.2, 0) is 22.5 Å². The summed E-state index contributed by atoms with van der Waals surface area (Å²) in [4.78, 5) is 25.5. The van der Waals surface area contributed by atoms with E-state index in [1.165, 1.54) is 16.0 Å². The van der Waals surface area contributed by atoms with Crippen LogP contribution >= 0.6 is 11.3 Å². The molecule has 0 saturated carbocycles. The van der Waals surface area contributed by atoms with E-state index in [9.17, 15) is 9.59 Å². The van der Waals surface area contributed by atoms with Crippen molar-refractivity contribution in [2.24, 2.45) is 0 Å². The molecule has 23 heavy (non-hydrogen) atoms. The van der Waals surface area contributed by atoms with Crippen LogP contribution in [0.2, 0.25) is 0 Å². The molecule has 0 bridgehead atoms. The number of rotatable bonds is 4. The molecule has 3 heterocycles. The maximum Gasteiger partial charge on any atom is 0.327 e. The number of esters is 1. The zero-order valence-electron chi connectivity index (χ0n) is 13.5. The van der Waals surface area contributed by atoms with Crippen LogP contribution in [0.4, 0.5) is 0 Å². The van der Waals surface area contributed by atoms with Gasteiger partial charge in [-0.05, 0) is 25.7 Å². The lowest BCUT2D eigenvalue weighted by atomic mass is 10.0. The minimum absolute atomic E-state index is 0.121. The van der Waals surface area contributed by atoms with Crippen LogP contribution < -0.4 is 10.3 Å². The van der Waals surface area contributed by atoms with E-state index < -0.39 is 5.97 Å². The average Bonchev–Trinajstić information content (AvgIpc) is 2.90. The topological polar surface area (TPSA) is 70.4 Å². The van der Waals surface area contributed by atoms with E-state index in [4.69, 9.17) is 9.47 Å². The lowest BCUT2D eigenvalue weighted by Crippen LogP contribution is -2.28. The van der Waals surface area contributed by atoms with Crippen LogP contribution in [0.25, 0.3) is 10.1 Å². The number of hydrogen-bond donors (Lipinski definition) is 0. The van der Waals surface area contributed by atoms with Gasteiger partial charge in [0.2, 0.25) is 0 Å². The van der Waals surface area contributed by atoms with Gasteiger partial charge in [0, 0.05) is 4.88 Å². The first-order chi connectivity index (χ1) is 11.0. The molecular formula is C16H20N2O4S. The first-order valence-corrected chi connectivity index (χ1v) is 8.69. The predicted octanol–water partition coefficient (Wildman–Crippen LogP) is 2.47.